The molecule has 5 nitrogen and oxygen atoms in total. The standard InChI is InChI=1S/C16H17FN2O3S2/c1-11-4-5-12(17)13(10-11)18-16(20)15-14(6-9-23-15)24(21,22)19-7-2-3-8-19/h4-6,9-10H,2-3,7-8H2,1H3,(H,18,20). The molecule has 128 valence electrons. The molecule has 0 atom stereocenters. The van der Waals surface area contributed by atoms with Crippen LogP contribution in [0.3, 0.4) is 0 Å². The van der Waals surface area contributed by atoms with Gasteiger partial charge in [-0.3, -0.25) is 4.79 Å². The van der Waals surface area contributed by atoms with Gasteiger partial charge in [0, 0.05) is 13.1 Å². The second kappa shape index (κ2) is 6.62. The highest BCUT2D eigenvalue weighted by molar-refractivity contribution is 7.89. The summed E-state index contributed by atoms with van der Waals surface area (Å²) in [7, 11) is -3.69. The first-order chi connectivity index (χ1) is 11.4. The SMILES string of the molecule is Cc1ccc(F)c(NC(=O)c2sccc2S(=O)(=O)N2CCCC2)c1. The zero-order valence-electron chi connectivity index (χ0n) is 13.1. The van der Waals surface area contributed by atoms with E-state index in [1.54, 1.807) is 18.4 Å². The molecule has 1 saturated heterocycles. The van der Waals surface area contributed by atoms with Crippen LogP contribution in [0.25, 0.3) is 0 Å². The molecule has 0 bridgehead atoms. The minimum atomic E-state index is -3.69. The van der Waals surface area contributed by atoms with Crippen LogP contribution in [-0.4, -0.2) is 31.7 Å². The van der Waals surface area contributed by atoms with Crippen LogP contribution in [0.4, 0.5) is 10.1 Å². The van der Waals surface area contributed by atoms with Crippen molar-refractivity contribution in [3.05, 3.63) is 45.9 Å². The predicted molar refractivity (Wildman–Crippen MR) is 91.4 cm³/mol. The summed E-state index contributed by atoms with van der Waals surface area (Å²) in [5, 5.41) is 4.03. The van der Waals surface area contributed by atoms with E-state index in [1.165, 1.54) is 22.5 Å². The number of aryl methyl sites for hydroxylation is 1. The Bertz CT molecular complexity index is 871. The van der Waals surface area contributed by atoms with Crippen molar-refractivity contribution in [2.24, 2.45) is 0 Å². The summed E-state index contributed by atoms with van der Waals surface area (Å²) in [6, 6.07) is 5.80. The van der Waals surface area contributed by atoms with Crippen molar-refractivity contribution >= 4 is 33.0 Å². The number of hydrogen-bond donors (Lipinski definition) is 1. The van der Waals surface area contributed by atoms with Gasteiger partial charge in [0.15, 0.2) is 0 Å². The number of rotatable bonds is 4. The molecule has 1 aromatic carbocycles. The number of hydrogen-bond acceptors (Lipinski definition) is 4. The number of halogens is 1. The molecule has 0 aliphatic carbocycles. The fourth-order valence-electron chi connectivity index (χ4n) is 2.65. The van der Waals surface area contributed by atoms with E-state index in [-0.39, 0.29) is 15.5 Å². The normalized spacial score (nSPS) is 15.6. The maximum atomic E-state index is 13.8. The Kier molecular flexibility index (Phi) is 4.71. The van der Waals surface area contributed by atoms with E-state index >= 15 is 0 Å². The Morgan fingerprint density at radius 2 is 1.96 bits per heavy atom. The number of carbonyl (C=O) groups excluding carboxylic acids is 1. The zero-order chi connectivity index (χ0) is 17.3. The largest absolute Gasteiger partial charge is 0.319 e. The van der Waals surface area contributed by atoms with Crippen molar-refractivity contribution in [3.8, 4) is 0 Å². The van der Waals surface area contributed by atoms with Crippen molar-refractivity contribution in [2.75, 3.05) is 18.4 Å². The van der Waals surface area contributed by atoms with Gasteiger partial charge < -0.3 is 5.32 Å². The average molecular weight is 368 g/mol. The summed E-state index contributed by atoms with van der Waals surface area (Å²) in [6.45, 7) is 2.71. The van der Waals surface area contributed by atoms with Crippen LogP contribution in [0.2, 0.25) is 0 Å². The first kappa shape index (κ1) is 17.1. The van der Waals surface area contributed by atoms with E-state index in [2.05, 4.69) is 5.32 Å². The van der Waals surface area contributed by atoms with Gasteiger partial charge in [-0.2, -0.15) is 4.31 Å². The molecule has 3 rings (SSSR count). The lowest BCUT2D eigenvalue weighted by Crippen LogP contribution is -2.29. The average Bonchev–Trinajstić information content (AvgIpc) is 3.21. The number of carbonyl (C=O) groups is 1. The highest BCUT2D eigenvalue weighted by atomic mass is 32.2. The van der Waals surface area contributed by atoms with Gasteiger partial charge in [-0.05, 0) is 48.9 Å². The lowest BCUT2D eigenvalue weighted by atomic mass is 10.2. The predicted octanol–water partition coefficient (Wildman–Crippen LogP) is 3.23. The maximum Gasteiger partial charge on any atom is 0.267 e. The molecule has 1 N–H and O–H groups in total. The Morgan fingerprint density at radius 1 is 1.25 bits per heavy atom. The molecule has 0 radical (unpaired) electrons. The third kappa shape index (κ3) is 3.22. The number of nitrogens with zero attached hydrogens (tertiary/aromatic N) is 1. The molecule has 2 heterocycles. The number of anilines is 1. The monoisotopic (exact) mass is 368 g/mol. The van der Waals surface area contributed by atoms with Crippen molar-refractivity contribution in [2.45, 2.75) is 24.7 Å². The van der Waals surface area contributed by atoms with Crippen LogP contribution in [0.5, 0.6) is 0 Å². The fraction of sp³-hybridized carbons (Fsp3) is 0.312. The van der Waals surface area contributed by atoms with Gasteiger partial charge in [-0.25, -0.2) is 12.8 Å². The van der Waals surface area contributed by atoms with Crippen LogP contribution >= 0.6 is 11.3 Å². The molecule has 1 aromatic heterocycles. The molecule has 8 heteroatoms. The van der Waals surface area contributed by atoms with Crippen LogP contribution in [0.1, 0.15) is 28.1 Å². The summed E-state index contributed by atoms with van der Waals surface area (Å²) < 4.78 is 40.5. The Hall–Kier alpha value is -1.77. The summed E-state index contributed by atoms with van der Waals surface area (Å²) >= 11 is 1.03. The van der Waals surface area contributed by atoms with Gasteiger partial charge in [-0.1, -0.05) is 6.07 Å². The summed E-state index contributed by atoms with van der Waals surface area (Å²) in [6.07, 6.45) is 1.64. The second-order valence-corrected chi connectivity index (χ2v) is 8.49. The van der Waals surface area contributed by atoms with Crippen LogP contribution in [0, 0.1) is 12.7 Å². The first-order valence-corrected chi connectivity index (χ1v) is 9.87. The van der Waals surface area contributed by atoms with E-state index in [1.807, 2.05) is 0 Å². The minimum Gasteiger partial charge on any atom is -0.319 e. The second-order valence-electron chi connectivity index (χ2n) is 5.66. The maximum absolute atomic E-state index is 13.8. The molecule has 1 aliphatic heterocycles. The van der Waals surface area contributed by atoms with Crippen molar-refractivity contribution in [3.63, 3.8) is 0 Å². The van der Waals surface area contributed by atoms with E-state index in [9.17, 15) is 17.6 Å². The molecule has 1 fully saturated rings. The van der Waals surface area contributed by atoms with Crippen molar-refractivity contribution in [1.82, 2.24) is 4.31 Å². The molecule has 0 spiro atoms. The first-order valence-electron chi connectivity index (χ1n) is 7.55. The van der Waals surface area contributed by atoms with Gasteiger partial charge in [0.1, 0.15) is 15.6 Å². The van der Waals surface area contributed by atoms with Crippen molar-refractivity contribution < 1.29 is 17.6 Å². The third-order valence-corrected chi connectivity index (χ3v) is 6.87. The van der Waals surface area contributed by atoms with E-state index in [0.717, 1.165) is 29.7 Å². The zero-order valence-corrected chi connectivity index (χ0v) is 14.7. The molecule has 0 saturated carbocycles. The number of sulfonamides is 1. The summed E-state index contributed by atoms with van der Waals surface area (Å²) in [5.74, 6) is -1.18. The molecule has 2 aromatic rings. The Labute approximate surface area is 144 Å². The van der Waals surface area contributed by atoms with Gasteiger partial charge in [0.25, 0.3) is 5.91 Å². The molecular formula is C16H17FN2O3S2. The number of nitrogens with one attached hydrogen (secondary N) is 1. The van der Waals surface area contributed by atoms with Crippen LogP contribution in [-0.2, 0) is 10.0 Å². The van der Waals surface area contributed by atoms with Crippen LogP contribution < -0.4 is 5.32 Å². The van der Waals surface area contributed by atoms with E-state index in [4.69, 9.17) is 0 Å². The van der Waals surface area contributed by atoms with Gasteiger partial charge in [-0.15, -0.1) is 11.3 Å². The molecule has 24 heavy (non-hydrogen) atoms. The van der Waals surface area contributed by atoms with Gasteiger partial charge in [0.2, 0.25) is 10.0 Å². The number of amides is 1. The van der Waals surface area contributed by atoms with Crippen LogP contribution in [0.15, 0.2) is 34.5 Å². The summed E-state index contributed by atoms with van der Waals surface area (Å²) in [5.41, 5.74) is 0.834. The van der Waals surface area contributed by atoms with Crippen molar-refractivity contribution in [1.29, 1.82) is 0 Å². The Balaban J connectivity index is 1.89. The molecular weight excluding hydrogens is 351 g/mol. The van der Waals surface area contributed by atoms with Gasteiger partial charge >= 0.3 is 0 Å². The lowest BCUT2D eigenvalue weighted by molar-refractivity contribution is 0.102. The van der Waals surface area contributed by atoms with E-state index in [0.29, 0.717) is 13.1 Å². The minimum absolute atomic E-state index is 0.0139. The lowest BCUT2D eigenvalue weighted by Gasteiger charge is -2.15. The molecule has 1 amide bonds. The smallest absolute Gasteiger partial charge is 0.267 e. The fourth-order valence-corrected chi connectivity index (χ4v) is 5.46. The van der Waals surface area contributed by atoms with Gasteiger partial charge in [0.05, 0.1) is 5.69 Å². The van der Waals surface area contributed by atoms with E-state index < -0.39 is 21.7 Å². The Morgan fingerprint density at radius 3 is 2.67 bits per heavy atom. The topological polar surface area (TPSA) is 66.5 Å². The number of thiophene rings is 1. The summed E-state index contributed by atoms with van der Waals surface area (Å²) in [4.78, 5) is 12.5. The quantitative estimate of drug-likeness (QED) is 0.901. The molecule has 1 aliphatic rings. The molecule has 0 unspecified atom stereocenters. The number of benzene rings is 1. The highest BCUT2D eigenvalue weighted by Crippen LogP contribution is 2.28. The highest BCUT2D eigenvalue weighted by Gasteiger charge is 2.32. The third-order valence-electron chi connectivity index (χ3n) is 3.89.